The molecule has 0 aliphatic carbocycles. The lowest BCUT2D eigenvalue weighted by Crippen LogP contribution is -2.69. The van der Waals surface area contributed by atoms with Crippen LogP contribution in [0.1, 0.15) is 62.0 Å². The number of nitrogens with one attached hydrogen (secondary N) is 2. The molecule has 7 atom stereocenters. The molecular weight excluding hydrogens is 763 g/mol. The van der Waals surface area contributed by atoms with E-state index in [2.05, 4.69) is 38.8 Å². The molecule has 58 heavy (non-hydrogen) atoms. The zero-order chi connectivity index (χ0) is 40.2. The van der Waals surface area contributed by atoms with Crippen LogP contribution in [0.5, 0.6) is 28.7 Å². The first-order chi connectivity index (χ1) is 28.1. The number of H-pyrrole nitrogens is 1. The van der Waals surface area contributed by atoms with Gasteiger partial charge in [-0.15, -0.1) is 11.8 Å². The van der Waals surface area contributed by atoms with Crippen molar-refractivity contribution in [1.29, 1.82) is 5.26 Å². The van der Waals surface area contributed by atoms with Crippen LogP contribution >= 0.6 is 11.8 Å². The van der Waals surface area contributed by atoms with E-state index in [0.717, 1.165) is 33.3 Å². The lowest BCUT2D eigenvalue weighted by Gasteiger charge is -2.60. The van der Waals surface area contributed by atoms with Gasteiger partial charge in [0.05, 0.1) is 36.2 Å². The van der Waals surface area contributed by atoms with E-state index < -0.39 is 46.6 Å². The molecule has 8 aliphatic heterocycles. The third kappa shape index (κ3) is 4.95. The van der Waals surface area contributed by atoms with E-state index in [9.17, 15) is 20.0 Å². The molecular formula is C43H43N5O9S. The van der Waals surface area contributed by atoms with Crippen LogP contribution in [0, 0.1) is 25.2 Å². The lowest BCUT2D eigenvalue weighted by molar-refractivity contribution is -0.158. The van der Waals surface area contributed by atoms with Crippen molar-refractivity contribution < 1.29 is 43.1 Å². The summed E-state index contributed by atoms with van der Waals surface area (Å²) in [6, 6.07) is 11.0. The molecule has 15 heteroatoms. The molecule has 1 aromatic heterocycles. The number of rotatable bonds is 4. The minimum atomic E-state index is -1.28. The maximum Gasteiger partial charge on any atom is 0.514 e. The first-order valence-corrected chi connectivity index (χ1v) is 20.5. The topological polar surface area (TPSA) is 168 Å². The fraction of sp³-hybridized carbons (Fsp3) is 0.419. The predicted octanol–water partition coefficient (Wildman–Crippen LogP) is 5.53. The quantitative estimate of drug-likeness (QED) is 0.134. The Kier molecular flexibility index (Phi) is 8.47. The average Bonchev–Trinajstić information content (AvgIpc) is 3.81. The van der Waals surface area contributed by atoms with Crippen LogP contribution in [-0.4, -0.2) is 96.6 Å². The van der Waals surface area contributed by atoms with Gasteiger partial charge in [-0.05, 0) is 50.1 Å². The van der Waals surface area contributed by atoms with Crippen molar-refractivity contribution >= 4 is 34.8 Å². The highest BCUT2D eigenvalue weighted by Gasteiger charge is 2.64. The van der Waals surface area contributed by atoms with Crippen molar-refractivity contribution in [1.82, 2.24) is 20.1 Å². The Morgan fingerprint density at radius 1 is 1.17 bits per heavy atom. The number of hydrogen-bond acceptors (Lipinski definition) is 14. The summed E-state index contributed by atoms with van der Waals surface area (Å²) >= 11 is 1.52. The fourth-order valence-corrected chi connectivity index (χ4v) is 12.5. The number of nitriles is 1. The zero-order valence-electron chi connectivity index (χ0n) is 32.6. The van der Waals surface area contributed by atoms with Crippen LogP contribution in [-0.2, 0) is 32.6 Å². The van der Waals surface area contributed by atoms with Crippen LogP contribution in [0.2, 0.25) is 0 Å². The maximum absolute atomic E-state index is 15.0. The number of fused-ring (bicyclic) bond motifs is 8. The third-order valence-electron chi connectivity index (χ3n) is 13.0. The van der Waals surface area contributed by atoms with Gasteiger partial charge in [0, 0.05) is 64.5 Å². The maximum atomic E-state index is 15.0. The van der Waals surface area contributed by atoms with E-state index in [4.69, 9.17) is 28.4 Å². The van der Waals surface area contributed by atoms with E-state index in [1.807, 2.05) is 45.2 Å². The van der Waals surface area contributed by atoms with Crippen LogP contribution in [0.3, 0.4) is 0 Å². The summed E-state index contributed by atoms with van der Waals surface area (Å²) in [7, 11) is 3.51. The Labute approximate surface area is 338 Å². The number of methoxy groups -OCH3 is 1. The van der Waals surface area contributed by atoms with Gasteiger partial charge in [0.15, 0.2) is 28.5 Å². The number of piperazine rings is 1. The number of phenolic OH excluding ortho intramolecular Hbond substituents is 1. The number of aromatic hydroxyl groups is 1. The molecule has 12 rings (SSSR count). The number of carbonyl (C=O) groups excluding carboxylic acids is 2. The zero-order valence-corrected chi connectivity index (χ0v) is 33.4. The molecule has 0 radical (unpaired) electrons. The molecule has 3 aromatic carbocycles. The fourth-order valence-electron chi connectivity index (χ4n) is 10.8. The van der Waals surface area contributed by atoms with Crippen molar-refractivity contribution in [2.45, 2.75) is 61.1 Å². The summed E-state index contributed by atoms with van der Waals surface area (Å²) < 4.78 is 36.3. The number of benzene rings is 3. The Bertz CT molecular complexity index is 2500. The van der Waals surface area contributed by atoms with Gasteiger partial charge >= 0.3 is 12.1 Å². The van der Waals surface area contributed by atoms with Crippen molar-refractivity contribution in [2.24, 2.45) is 0 Å². The number of likely N-dealkylation sites (N-methyl/N-ethyl adjacent to an activating group) is 1. The summed E-state index contributed by atoms with van der Waals surface area (Å²) in [5, 5.41) is 27.8. The van der Waals surface area contributed by atoms with E-state index >= 15 is 0 Å². The van der Waals surface area contributed by atoms with E-state index in [1.54, 1.807) is 0 Å². The Morgan fingerprint density at radius 3 is 2.78 bits per heavy atom. The van der Waals surface area contributed by atoms with Gasteiger partial charge in [0.2, 0.25) is 6.79 Å². The van der Waals surface area contributed by atoms with Gasteiger partial charge in [0.25, 0.3) is 0 Å². The third-order valence-corrected chi connectivity index (χ3v) is 14.4. The Hall–Kier alpha value is -5.40. The van der Waals surface area contributed by atoms with Gasteiger partial charge in [-0.25, -0.2) is 9.59 Å². The van der Waals surface area contributed by atoms with Crippen LogP contribution in [0.4, 0.5) is 4.79 Å². The average molecular weight is 806 g/mol. The normalized spacial score (nSPS) is 29.0. The van der Waals surface area contributed by atoms with E-state index in [1.165, 1.54) is 24.9 Å². The number of aryl methyl sites for hydroxylation is 1. The second-order valence-corrected chi connectivity index (χ2v) is 17.1. The molecule has 4 aromatic rings. The first kappa shape index (κ1) is 36.9. The molecule has 2 saturated heterocycles. The summed E-state index contributed by atoms with van der Waals surface area (Å²) in [5.41, 5.74) is 4.36. The molecule has 300 valence electrons. The minimum Gasteiger partial charge on any atom is -0.504 e. The molecule has 3 N–H and O–H groups in total. The number of aromatic amines is 1. The van der Waals surface area contributed by atoms with Crippen molar-refractivity contribution in [3.8, 4) is 34.8 Å². The first-order valence-electron chi connectivity index (χ1n) is 19.4. The van der Waals surface area contributed by atoms with Crippen molar-refractivity contribution in [3.63, 3.8) is 0 Å². The molecule has 0 amide bonds. The smallest absolute Gasteiger partial charge is 0.504 e. The summed E-state index contributed by atoms with van der Waals surface area (Å²) in [4.78, 5) is 36.3. The van der Waals surface area contributed by atoms with Gasteiger partial charge in [-0.1, -0.05) is 36.9 Å². The summed E-state index contributed by atoms with van der Waals surface area (Å²) in [6.07, 6.45) is 1.53. The molecule has 4 bridgehead atoms. The number of carbonyl (C=O) groups is 2. The van der Waals surface area contributed by atoms with Gasteiger partial charge in [-0.2, -0.15) is 5.26 Å². The predicted molar refractivity (Wildman–Crippen MR) is 212 cm³/mol. The van der Waals surface area contributed by atoms with Gasteiger partial charge in [-0.3, -0.25) is 15.1 Å². The molecule has 3 unspecified atom stereocenters. The number of phenols is 1. The summed E-state index contributed by atoms with van der Waals surface area (Å²) in [6.45, 7) is 7.93. The van der Waals surface area contributed by atoms with Crippen LogP contribution < -0.4 is 24.3 Å². The molecule has 0 saturated carbocycles. The van der Waals surface area contributed by atoms with E-state index in [-0.39, 0.29) is 43.7 Å². The number of hydrogen-bond donors (Lipinski definition) is 3. The van der Waals surface area contributed by atoms with Crippen molar-refractivity contribution in [2.75, 3.05) is 53.0 Å². The lowest BCUT2D eigenvalue weighted by atomic mass is 9.76. The minimum absolute atomic E-state index is 0.0223. The molecule has 1 spiro atoms. The molecule has 14 nitrogen and oxygen atoms in total. The SMILES string of the molecule is C=CCOC(=O)Oc1c(C)c2c(c3c1[C@H]1SC[C@]4(NCCc5c4[nH]c4ccccc54)C(=O)OCC3N3C1[C@H]1c4c(cc(C)c(OC)c4O)C[C@]3(C#N)CN1C)OCO2. The highest BCUT2D eigenvalue weighted by Crippen LogP contribution is 2.65. The summed E-state index contributed by atoms with van der Waals surface area (Å²) in [5.74, 6) is 1.25. The highest BCUT2D eigenvalue weighted by molar-refractivity contribution is 7.99. The number of esters is 1. The Balaban J connectivity index is 1.26. The Morgan fingerprint density at radius 2 is 1.98 bits per heavy atom. The van der Waals surface area contributed by atoms with E-state index in [0.29, 0.717) is 59.0 Å². The number of nitrogens with zero attached hydrogens (tertiary/aromatic N) is 3. The molecule has 2 fully saturated rings. The standard InChI is InChI=1S/C43H43N5O9S/c1-6-13-53-41(51)57-35-22(3)36-37(56-20-55-36)29-27-16-54-40(50)43(39-25(11-12-45-43)24-9-7-8-10-26(24)46-39)19-58-38(30(29)35)32-31-28-23(14-21(2)34(52-5)33(28)49)15-42(17-44,48(27)32)18-47(31)4/h6-10,14,27,31-32,38,45-46,49H,1,11-13,15-16,18-20H2,2-5H3/t27?,31-,32?,38-,42+,43-/m1/s1. The van der Waals surface area contributed by atoms with Gasteiger partial charge in [0.1, 0.15) is 24.5 Å². The van der Waals surface area contributed by atoms with Crippen molar-refractivity contribution in [3.05, 3.63) is 87.6 Å². The highest BCUT2D eigenvalue weighted by atomic mass is 32.2. The number of ether oxygens (including phenoxy) is 6. The second kappa shape index (κ2) is 13.3. The number of thioether (sulfide) groups is 1. The molecule has 8 aliphatic rings. The monoisotopic (exact) mass is 805 g/mol. The van der Waals surface area contributed by atoms with Crippen LogP contribution in [0.15, 0.2) is 43.0 Å². The molecule has 9 heterocycles. The number of para-hydroxylation sites is 1. The van der Waals surface area contributed by atoms with Gasteiger partial charge < -0.3 is 38.5 Å². The largest absolute Gasteiger partial charge is 0.514 e. The van der Waals surface area contributed by atoms with Crippen LogP contribution in [0.25, 0.3) is 10.9 Å². The second-order valence-electron chi connectivity index (χ2n) is 16.0. The number of aromatic nitrogens is 1.